The minimum Gasteiger partial charge on any atom is -0.393 e. The Balaban J connectivity index is 1.86. The maximum atomic E-state index is 12.4. The number of carbonyl (C=O) groups is 1. The largest absolute Gasteiger partial charge is 0.393 e. The van der Waals surface area contributed by atoms with Crippen molar-refractivity contribution in [3.8, 4) is 0 Å². The minimum absolute atomic E-state index is 0.210. The van der Waals surface area contributed by atoms with Crippen LogP contribution in [0.3, 0.4) is 0 Å². The Morgan fingerprint density at radius 2 is 2.42 bits per heavy atom. The van der Waals surface area contributed by atoms with Gasteiger partial charge in [-0.1, -0.05) is 6.08 Å². The minimum atomic E-state index is -0.264. The molecule has 19 heavy (non-hydrogen) atoms. The number of aliphatic hydroxyl groups is 1. The summed E-state index contributed by atoms with van der Waals surface area (Å²) in [7, 11) is 0. The van der Waals surface area contributed by atoms with E-state index in [9.17, 15) is 9.90 Å². The van der Waals surface area contributed by atoms with Gasteiger partial charge in [0, 0.05) is 18.8 Å². The van der Waals surface area contributed by atoms with E-state index in [1.807, 2.05) is 18.7 Å². The fraction of sp³-hybridized carbons (Fsp3) is 0.800. The molecule has 0 bridgehead atoms. The van der Waals surface area contributed by atoms with Gasteiger partial charge in [0.1, 0.15) is 0 Å². The standard InChI is InChI=1S/C15H26N2O2/c1-3-17(14-6-4-5-7-14)15(19)11-16-9-8-13(10-16)12(2)18/h6,12-13,18H,3-5,7-11H2,1-2H3. The Labute approximate surface area is 116 Å². The Bertz CT molecular complexity index is 352. The molecule has 108 valence electrons. The van der Waals surface area contributed by atoms with Crippen LogP contribution in [0, 0.1) is 5.92 Å². The molecule has 1 aliphatic heterocycles. The van der Waals surface area contributed by atoms with Gasteiger partial charge in [0.25, 0.3) is 0 Å². The van der Waals surface area contributed by atoms with E-state index in [0.29, 0.717) is 12.5 Å². The van der Waals surface area contributed by atoms with E-state index >= 15 is 0 Å². The molecule has 0 aromatic rings. The van der Waals surface area contributed by atoms with Gasteiger partial charge in [-0.3, -0.25) is 9.69 Å². The van der Waals surface area contributed by atoms with E-state index in [2.05, 4.69) is 11.0 Å². The summed E-state index contributed by atoms with van der Waals surface area (Å²) < 4.78 is 0. The first-order chi connectivity index (χ1) is 9.11. The van der Waals surface area contributed by atoms with Crippen LogP contribution in [0.5, 0.6) is 0 Å². The van der Waals surface area contributed by atoms with Crippen molar-refractivity contribution in [3.63, 3.8) is 0 Å². The zero-order valence-electron chi connectivity index (χ0n) is 12.1. The fourth-order valence-electron chi connectivity index (χ4n) is 3.12. The zero-order chi connectivity index (χ0) is 13.8. The van der Waals surface area contributed by atoms with Gasteiger partial charge in [0.15, 0.2) is 0 Å². The molecule has 2 unspecified atom stereocenters. The van der Waals surface area contributed by atoms with E-state index in [1.165, 1.54) is 12.1 Å². The molecule has 1 amide bonds. The highest BCUT2D eigenvalue weighted by atomic mass is 16.3. The molecular formula is C15H26N2O2. The summed E-state index contributed by atoms with van der Waals surface area (Å²) in [4.78, 5) is 16.5. The number of likely N-dealkylation sites (tertiary alicyclic amines) is 1. The second kappa shape index (κ2) is 6.53. The van der Waals surface area contributed by atoms with Gasteiger partial charge in [-0.25, -0.2) is 0 Å². The zero-order valence-corrected chi connectivity index (χ0v) is 12.1. The molecule has 1 aliphatic carbocycles. The highest BCUT2D eigenvalue weighted by molar-refractivity contribution is 5.80. The summed E-state index contributed by atoms with van der Waals surface area (Å²) in [5.74, 6) is 0.537. The van der Waals surface area contributed by atoms with Crippen LogP contribution in [0.4, 0.5) is 0 Å². The molecule has 2 atom stereocenters. The molecule has 4 nitrogen and oxygen atoms in total. The lowest BCUT2D eigenvalue weighted by Gasteiger charge is -2.25. The lowest BCUT2D eigenvalue weighted by molar-refractivity contribution is -0.130. The van der Waals surface area contributed by atoms with Crippen LogP contribution in [-0.4, -0.2) is 53.1 Å². The van der Waals surface area contributed by atoms with Crippen LogP contribution in [0.1, 0.15) is 39.5 Å². The van der Waals surface area contributed by atoms with Gasteiger partial charge in [0.2, 0.25) is 5.91 Å². The number of hydrogen-bond donors (Lipinski definition) is 1. The summed E-state index contributed by atoms with van der Waals surface area (Å²) >= 11 is 0. The Hall–Kier alpha value is -0.870. The van der Waals surface area contributed by atoms with Crippen LogP contribution in [0.25, 0.3) is 0 Å². The molecule has 2 aliphatic rings. The number of carbonyl (C=O) groups excluding carboxylic acids is 1. The van der Waals surface area contributed by atoms with Crippen LogP contribution >= 0.6 is 0 Å². The van der Waals surface area contributed by atoms with Gasteiger partial charge < -0.3 is 10.0 Å². The van der Waals surface area contributed by atoms with Gasteiger partial charge in [-0.05, 0) is 52.0 Å². The molecule has 1 fully saturated rings. The highest BCUT2D eigenvalue weighted by Gasteiger charge is 2.28. The SMILES string of the molecule is CCN(C(=O)CN1CCC(C(C)O)C1)C1=CCCC1. The van der Waals surface area contributed by atoms with Crippen LogP contribution in [-0.2, 0) is 4.79 Å². The predicted octanol–water partition coefficient (Wildman–Crippen LogP) is 1.61. The van der Waals surface area contributed by atoms with Crippen molar-refractivity contribution >= 4 is 5.91 Å². The van der Waals surface area contributed by atoms with Gasteiger partial charge in [0.05, 0.1) is 12.6 Å². The van der Waals surface area contributed by atoms with E-state index in [-0.39, 0.29) is 12.0 Å². The Kier molecular flexibility index (Phi) is 4.99. The number of aliphatic hydroxyl groups excluding tert-OH is 1. The normalized spacial score (nSPS) is 25.4. The number of likely N-dealkylation sites (N-methyl/N-ethyl adjacent to an activating group) is 1. The molecule has 1 heterocycles. The first-order valence-electron chi connectivity index (χ1n) is 7.51. The third-order valence-electron chi connectivity index (χ3n) is 4.33. The highest BCUT2D eigenvalue weighted by Crippen LogP contribution is 2.23. The molecule has 0 spiro atoms. The Morgan fingerprint density at radius 1 is 1.63 bits per heavy atom. The summed E-state index contributed by atoms with van der Waals surface area (Å²) in [6.45, 7) is 6.92. The van der Waals surface area contributed by atoms with Crippen molar-refractivity contribution in [1.29, 1.82) is 0 Å². The fourth-order valence-corrected chi connectivity index (χ4v) is 3.12. The monoisotopic (exact) mass is 266 g/mol. The van der Waals surface area contributed by atoms with Gasteiger partial charge in [-0.15, -0.1) is 0 Å². The van der Waals surface area contributed by atoms with Crippen molar-refractivity contribution in [2.45, 2.75) is 45.6 Å². The predicted molar refractivity (Wildman–Crippen MR) is 75.5 cm³/mol. The summed E-state index contributed by atoms with van der Waals surface area (Å²) in [5, 5.41) is 9.60. The smallest absolute Gasteiger partial charge is 0.240 e. The maximum absolute atomic E-state index is 12.4. The first-order valence-corrected chi connectivity index (χ1v) is 7.51. The Morgan fingerprint density at radius 3 is 2.95 bits per heavy atom. The summed E-state index contributed by atoms with van der Waals surface area (Å²) in [6, 6.07) is 0. The van der Waals surface area contributed by atoms with Crippen molar-refractivity contribution < 1.29 is 9.90 Å². The number of nitrogens with zero attached hydrogens (tertiary/aromatic N) is 2. The summed E-state index contributed by atoms with van der Waals surface area (Å²) in [5.41, 5.74) is 1.21. The molecule has 2 rings (SSSR count). The topological polar surface area (TPSA) is 43.8 Å². The molecular weight excluding hydrogens is 240 g/mol. The third-order valence-corrected chi connectivity index (χ3v) is 4.33. The quantitative estimate of drug-likeness (QED) is 0.822. The molecule has 0 saturated carbocycles. The molecule has 0 aromatic heterocycles. The lowest BCUT2D eigenvalue weighted by atomic mass is 10.0. The molecule has 0 aromatic carbocycles. The van der Waals surface area contributed by atoms with Crippen molar-refractivity contribution in [1.82, 2.24) is 9.80 Å². The van der Waals surface area contributed by atoms with E-state index in [1.54, 1.807) is 0 Å². The average molecular weight is 266 g/mol. The molecule has 0 radical (unpaired) electrons. The third kappa shape index (κ3) is 3.57. The average Bonchev–Trinajstić information content (AvgIpc) is 3.01. The molecule has 1 saturated heterocycles. The van der Waals surface area contributed by atoms with Crippen molar-refractivity contribution in [2.24, 2.45) is 5.92 Å². The van der Waals surface area contributed by atoms with Crippen LogP contribution in [0.15, 0.2) is 11.8 Å². The second-order valence-electron chi connectivity index (χ2n) is 5.75. The number of allylic oxidation sites excluding steroid dienone is 2. The second-order valence-corrected chi connectivity index (χ2v) is 5.75. The van der Waals surface area contributed by atoms with Crippen molar-refractivity contribution in [3.05, 3.63) is 11.8 Å². The van der Waals surface area contributed by atoms with E-state index in [0.717, 1.165) is 38.9 Å². The van der Waals surface area contributed by atoms with E-state index < -0.39 is 0 Å². The van der Waals surface area contributed by atoms with Gasteiger partial charge >= 0.3 is 0 Å². The lowest BCUT2D eigenvalue weighted by Crippen LogP contribution is -2.39. The molecule has 4 heteroatoms. The van der Waals surface area contributed by atoms with E-state index in [4.69, 9.17) is 0 Å². The summed E-state index contributed by atoms with van der Waals surface area (Å²) in [6.07, 6.45) is 6.25. The number of rotatable bonds is 5. The maximum Gasteiger partial charge on any atom is 0.240 e. The number of hydrogen-bond acceptors (Lipinski definition) is 3. The number of amides is 1. The van der Waals surface area contributed by atoms with Gasteiger partial charge in [-0.2, -0.15) is 0 Å². The first kappa shape index (κ1) is 14.5. The van der Waals surface area contributed by atoms with Crippen molar-refractivity contribution in [2.75, 3.05) is 26.2 Å². The molecule has 1 N–H and O–H groups in total. The van der Waals surface area contributed by atoms with Crippen LogP contribution in [0.2, 0.25) is 0 Å². The van der Waals surface area contributed by atoms with Crippen LogP contribution < -0.4 is 0 Å².